The van der Waals surface area contributed by atoms with Crippen LogP contribution in [-0.2, 0) is 16.1 Å². The number of hydrogen-bond donors (Lipinski definition) is 1. The third kappa shape index (κ3) is 5.39. The number of thiazole rings is 1. The van der Waals surface area contributed by atoms with E-state index in [4.69, 9.17) is 9.72 Å². The highest BCUT2D eigenvalue weighted by molar-refractivity contribution is 7.09. The summed E-state index contributed by atoms with van der Waals surface area (Å²) in [5.41, 5.74) is 1.15. The summed E-state index contributed by atoms with van der Waals surface area (Å²) >= 11 is 1.70. The van der Waals surface area contributed by atoms with Crippen molar-refractivity contribution in [1.82, 2.24) is 15.2 Å². The molecule has 1 saturated heterocycles. The van der Waals surface area contributed by atoms with E-state index in [9.17, 15) is 4.79 Å². The Bertz CT molecular complexity index is 664. The van der Waals surface area contributed by atoms with E-state index in [2.05, 4.69) is 43.3 Å². The molecule has 2 heterocycles. The lowest BCUT2D eigenvalue weighted by Gasteiger charge is -2.50. The van der Waals surface area contributed by atoms with Gasteiger partial charge in [0.2, 0.25) is 5.91 Å². The van der Waals surface area contributed by atoms with E-state index in [1.165, 1.54) is 25.7 Å². The standard InChI is InChI=1S/C23H39N3O2S/c1-6-15(3)24-22(27)20-12-16(4)26(21-11-9-8-10-19(20)21)13-18-14-29-23(25-18)17(5)28-7-2/h14-17,19-21H,6-13H2,1-5H3,(H,24,27)/t15-,16-,17-,19-,20+,21-/m1/s1. The largest absolute Gasteiger partial charge is 0.372 e. The van der Waals surface area contributed by atoms with Gasteiger partial charge in [0.05, 0.1) is 5.69 Å². The highest BCUT2D eigenvalue weighted by Crippen LogP contribution is 2.42. The van der Waals surface area contributed by atoms with Crippen LogP contribution in [0, 0.1) is 11.8 Å². The van der Waals surface area contributed by atoms with Crippen molar-refractivity contribution in [1.29, 1.82) is 0 Å². The molecule has 0 spiro atoms. The lowest BCUT2D eigenvalue weighted by Crippen LogP contribution is -2.57. The number of amides is 1. The van der Waals surface area contributed by atoms with Gasteiger partial charge in [0, 0.05) is 42.6 Å². The summed E-state index contributed by atoms with van der Waals surface area (Å²) in [6.07, 6.45) is 6.91. The summed E-state index contributed by atoms with van der Waals surface area (Å²) in [5, 5.41) is 6.52. The van der Waals surface area contributed by atoms with Crippen molar-refractivity contribution in [2.75, 3.05) is 6.61 Å². The first kappa shape index (κ1) is 22.7. The Morgan fingerprint density at radius 2 is 2.10 bits per heavy atom. The molecule has 3 rings (SSSR count). The van der Waals surface area contributed by atoms with Crippen LogP contribution < -0.4 is 5.32 Å². The third-order valence-electron chi connectivity index (χ3n) is 6.90. The molecule has 1 aromatic heterocycles. The van der Waals surface area contributed by atoms with Crippen molar-refractivity contribution in [2.24, 2.45) is 11.8 Å². The molecule has 0 unspecified atom stereocenters. The molecule has 1 aliphatic heterocycles. The Morgan fingerprint density at radius 3 is 2.83 bits per heavy atom. The van der Waals surface area contributed by atoms with Crippen LogP contribution in [0.2, 0.25) is 0 Å². The summed E-state index contributed by atoms with van der Waals surface area (Å²) < 4.78 is 5.71. The lowest BCUT2D eigenvalue weighted by molar-refractivity contribution is -0.134. The average Bonchev–Trinajstić information content (AvgIpc) is 3.18. The molecule has 1 aromatic rings. The molecule has 2 fully saturated rings. The van der Waals surface area contributed by atoms with Crippen molar-refractivity contribution in [3.63, 3.8) is 0 Å². The minimum Gasteiger partial charge on any atom is -0.372 e. The van der Waals surface area contributed by atoms with E-state index < -0.39 is 0 Å². The van der Waals surface area contributed by atoms with Crippen molar-refractivity contribution in [3.05, 3.63) is 16.1 Å². The second-order valence-corrected chi connectivity index (χ2v) is 9.86. The van der Waals surface area contributed by atoms with E-state index in [1.54, 1.807) is 11.3 Å². The maximum Gasteiger partial charge on any atom is 0.223 e. The maximum atomic E-state index is 13.0. The quantitative estimate of drug-likeness (QED) is 0.647. The Hall–Kier alpha value is -0.980. The van der Waals surface area contributed by atoms with Gasteiger partial charge in [-0.3, -0.25) is 9.69 Å². The number of nitrogens with one attached hydrogen (secondary N) is 1. The predicted molar refractivity (Wildman–Crippen MR) is 119 cm³/mol. The SMILES string of the molecule is CCO[C@H](C)c1nc(CN2[C@H](C)C[C@H](C(=O)N[C@H](C)CC)[C@H]3CCCC[C@H]32)cs1. The number of fused-ring (bicyclic) bond motifs is 1. The molecule has 29 heavy (non-hydrogen) atoms. The topological polar surface area (TPSA) is 54.5 Å². The number of ether oxygens (including phenoxy) is 1. The molecule has 6 heteroatoms. The predicted octanol–water partition coefficient (Wildman–Crippen LogP) is 4.92. The number of carbonyl (C=O) groups is 1. The third-order valence-corrected chi connectivity index (χ3v) is 7.96. The van der Waals surface area contributed by atoms with Gasteiger partial charge in [0.1, 0.15) is 11.1 Å². The molecule has 1 aliphatic carbocycles. The highest BCUT2D eigenvalue weighted by atomic mass is 32.1. The molecule has 6 atom stereocenters. The first-order valence-corrected chi connectivity index (χ1v) is 12.4. The van der Waals surface area contributed by atoms with Crippen LogP contribution in [-0.4, -0.2) is 40.5 Å². The Labute approximate surface area is 180 Å². The first-order valence-electron chi connectivity index (χ1n) is 11.6. The highest BCUT2D eigenvalue weighted by Gasteiger charge is 2.45. The van der Waals surface area contributed by atoms with Crippen LogP contribution in [0.5, 0.6) is 0 Å². The number of rotatable bonds is 8. The fraction of sp³-hybridized carbons (Fsp3) is 0.826. The van der Waals surface area contributed by atoms with Crippen molar-refractivity contribution in [2.45, 2.75) is 104 Å². The molecular formula is C23H39N3O2S. The van der Waals surface area contributed by atoms with Gasteiger partial charge in [-0.1, -0.05) is 19.8 Å². The second-order valence-electron chi connectivity index (χ2n) is 8.97. The smallest absolute Gasteiger partial charge is 0.223 e. The molecule has 2 aliphatic rings. The van der Waals surface area contributed by atoms with Gasteiger partial charge in [-0.05, 0) is 59.3 Å². The van der Waals surface area contributed by atoms with Gasteiger partial charge in [0.15, 0.2) is 0 Å². The fourth-order valence-electron chi connectivity index (χ4n) is 5.14. The summed E-state index contributed by atoms with van der Waals surface area (Å²) in [6, 6.07) is 1.16. The number of carbonyl (C=O) groups excluding carboxylic acids is 1. The minimum atomic E-state index is 0.0635. The van der Waals surface area contributed by atoms with Crippen molar-refractivity contribution >= 4 is 17.2 Å². The summed E-state index contributed by atoms with van der Waals surface area (Å²) in [7, 11) is 0. The second kappa shape index (κ2) is 10.4. The number of aromatic nitrogens is 1. The number of nitrogens with zero attached hydrogens (tertiary/aromatic N) is 2. The molecular weight excluding hydrogens is 382 g/mol. The van der Waals surface area contributed by atoms with Gasteiger partial charge in [-0.15, -0.1) is 11.3 Å². The zero-order chi connectivity index (χ0) is 21.0. The summed E-state index contributed by atoms with van der Waals surface area (Å²) in [6.45, 7) is 12.2. The van der Waals surface area contributed by atoms with Gasteiger partial charge >= 0.3 is 0 Å². The zero-order valence-electron chi connectivity index (χ0n) is 18.8. The summed E-state index contributed by atoms with van der Waals surface area (Å²) in [4.78, 5) is 20.5. The molecule has 0 bridgehead atoms. The molecule has 1 amide bonds. The number of likely N-dealkylation sites (tertiary alicyclic amines) is 1. The van der Waals surface area contributed by atoms with Crippen molar-refractivity contribution in [3.8, 4) is 0 Å². The van der Waals surface area contributed by atoms with Crippen LogP contribution in [0.25, 0.3) is 0 Å². The van der Waals surface area contributed by atoms with E-state index >= 15 is 0 Å². The van der Waals surface area contributed by atoms with Crippen LogP contribution in [0.1, 0.15) is 89.9 Å². The molecule has 1 saturated carbocycles. The Morgan fingerprint density at radius 1 is 1.34 bits per heavy atom. The molecule has 1 N–H and O–H groups in total. The van der Waals surface area contributed by atoms with E-state index in [0.717, 1.165) is 30.1 Å². The first-order chi connectivity index (χ1) is 13.9. The summed E-state index contributed by atoms with van der Waals surface area (Å²) in [5.74, 6) is 0.915. The maximum absolute atomic E-state index is 13.0. The van der Waals surface area contributed by atoms with E-state index in [-0.39, 0.29) is 24.0 Å². The van der Waals surface area contributed by atoms with Gasteiger partial charge in [0.25, 0.3) is 0 Å². The van der Waals surface area contributed by atoms with Crippen molar-refractivity contribution < 1.29 is 9.53 Å². The molecule has 164 valence electrons. The number of hydrogen-bond acceptors (Lipinski definition) is 5. The van der Waals surface area contributed by atoms with Crippen LogP contribution in [0.4, 0.5) is 0 Å². The van der Waals surface area contributed by atoms with Gasteiger partial charge in [-0.25, -0.2) is 4.98 Å². The Kier molecular flexibility index (Phi) is 8.11. The van der Waals surface area contributed by atoms with Crippen LogP contribution >= 0.6 is 11.3 Å². The molecule has 0 aromatic carbocycles. The normalized spacial score (nSPS) is 29.8. The van der Waals surface area contributed by atoms with Crippen LogP contribution in [0.3, 0.4) is 0 Å². The fourth-order valence-corrected chi connectivity index (χ4v) is 5.96. The lowest BCUT2D eigenvalue weighted by atomic mass is 9.69. The molecule has 5 nitrogen and oxygen atoms in total. The van der Waals surface area contributed by atoms with Gasteiger partial charge in [-0.2, -0.15) is 0 Å². The van der Waals surface area contributed by atoms with Crippen LogP contribution in [0.15, 0.2) is 5.38 Å². The van der Waals surface area contributed by atoms with E-state index in [0.29, 0.717) is 24.6 Å². The Balaban J connectivity index is 1.71. The number of piperidine rings is 1. The van der Waals surface area contributed by atoms with E-state index in [1.807, 2.05) is 6.92 Å². The van der Waals surface area contributed by atoms with Gasteiger partial charge < -0.3 is 10.1 Å². The molecule has 0 radical (unpaired) electrons. The average molecular weight is 422 g/mol. The minimum absolute atomic E-state index is 0.0635. The monoisotopic (exact) mass is 421 g/mol. The zero-order valence-corrected chi connectivity index (χ0v) is 19.6.